The van der Waals surface area contributed by atoms with E-state index in [1.807, 2.05) is 6.07 Å². The molecule has 0 bridgehead atoms. The first kappa shape index (κ1) is 14.3. The number of likely N-dealkylation sites (N-methyl/N-ethyl adjacent to an activating group) is 1. The molecule has 0 spiro atoms. The van der Waals surface area contributed by atoms with Crippen LogP contribution in [0, 0.1) is 17.7 Å². The average molecular weight is 264 g/mol. The van der Waals surface area contributed by atoms with Crippen LogP contribution in [0.25, 0.3) is 0 Å². The third-order valence-corrected chi connectivity index (χ3v) is 4.62. The standard InChI is InChI=1S/C16H25FN2/c1-4-19(15-7-5-6-14(17)8-15)16(11-18)9-13(10-16)12(2)3/h5-8,12-13H,4,9-11,18H2,1-3H3. The Morgan fingerprint density at radius 1 is 1.42 bits per heavy atom. The van der Waals surface area contributed by atoms with E-state index in [1.54, 1.807) is 12.1 Å². The van der Waals surface area contributed by atoms with E-state index in [-0.39, 0.29) is 11.4 Å². The Morgan fingerprint density at radius 2 is 2.11 bits per heavy atom. The van der Waals surface area contributed by atoms with Crippen LogP contribution in [0.1, 0.15) is 33.6 Å². The first-order chi connectivity index (χ1) is 9.02. The van der Waals surface area contributed by atoms with Crippen LogP contribution in [0.2, 0.25) is 0 Å². The summed E-state index contributed by atoms with van der Waals surface area (Å²) in [5, 5.41) is 0. The number of benzene rings is 1. The Balaban J connectivity index is 2.21. The molecule has 0 aliphatic heterocycles. The van der Waals surface area contributed by atoms with Crippen molar-refractivity contribution in [2.75, 3.05) is 18.0 Å². The van der Waals surface area contributed by atoms with Gasteiger partial charge in [-0.1, -0.05) is 19.9 Å². The third-order valence-electron chi connectivity index (χ3n) is 4.62. The number of anilines is 1. The van der Waals surface area contributed by atoms with Crippen LogP contribution in [0.4, 0.5) is 10.1 Å². The van der Waals surface area contributed by atoms with Gasteiger partial charge in [-0.3, -0.25) is 0 Å². The van der Waals surface area contributed by atoms with Crippen molar-refractivity contribution in [3.63, 3.8) is 0 Å². The molecule has 0 saturated heterocycles. The molecule has 2 N–H and O–H groups in total. The van der Waals surface area contributed by atoms with Gasteiger partial charge in [0.25, 0.3) is 0 Å². The summed E-state index contributed by atoms with van der Waals surface area (Å²) in [4.78, 5) is 2.29. The van der Waals surface area contributed by atoms with Crippen molar-refractivity contribution < 1.29 is 4.39 Å². The van der Waals surface area contributed by atoms with Gasteiger partial charge in [0.15, 0.2) is 0 Å². The van der Waals surface area contributed by atoms with Gasteiger partial charge in [0.1, 0.15) is 5.82 Å². The predicted molar refractivity (Wildman–Crippen MR) is 78.8 cm³/mol. The second kappa shape index (κ2) is 5.49. The fourth-order valence-electron chi connectivity index (χ4n) is 3.32. The Kier molecular flexibility index (Phi) is 4.14. The number of hydrogen-bond acceptors (Lipinski definition) is 2. The highest BCUT2D eigenvalue weighted by Gasteiger charge is 2.48. The zero-order valence-corrected chi connectivity index (χ0v) is 12.2. The lowest BCUT2D eigenvalue weighted by Gasteiger charge is -2.56. The molecule has 2 rings (SSSR count). The van der Waals surface area contributed by atoms with E-state index >= 15 is 0 Å². The molecule has 0 radical (unpaired) electrons. The van der Waals surface area contributed by atoms with E-state index in [9.17, 15) is 4.39 Å². The molecule has 19 heavy (non-hydrogen) atoms. The molecule has 1 saturated carbocycles. The quantitative estimate of drug-likeness (QED) is 0.883. The summed E-state index contributed by atoms with van der Waals surface area (Å²) in [7, 11) is 0. The van der Waals surface area contributed by atoms with E-state index in [4.69, 9.17) is 5.73 Å². The van der Waals surface area contributed by atoms with E-state index in [0.717, 1.165) is 31.0 Å². The molecule has 1 aromatic rings. The molecular formula is C16H25FN2. The van der Waals surface area contributed by atoms with E-state index in [0.29, 0.717) is 12.5 Å². The summed E-state index contributed by atoms with van der Waals surface area (Å²) in [6, 6.07) is 6.86. The largest absolute Gasteiger partial charge is 0.365 e. The Labute approximate surface area is 115 Å². The molecule has 0 amide bonds. The molecule has 2 nitrogen and oxygen atoms in total. The van der Waals surface area contributed by atoms with Crippen LogP contribution in [0.3, 0.4) is 0 Å². The van der Waals surface area contributed by atoms with Gasteiger partial charge in [0.05, 0.1) is 5.54 Å². The average Bonchev–Trinajstić information content (AvgIpc) is 2.32. The number of halogens is 1. The van der Waals surface area contributed by atoms with Crippen LogP contribution in [0.5, 0.6) is 0 Å². The molecular weight excluding hydrogens is 239 g/mol. The maximum Gasteiger partial charge on any atom is 0.125 e. The number of nitrogens with zero attached hydrogens (tertiary/aromatic N) is 1. The van der Waals surface area contributed by atoms with Crippen LogP contribution in [-0.2, 0) is 0 Å². The summed E-state index contributed by atoms with van der Waals surface area (Å²) in [6.45, 7) is 8.16. The van der Waals surface area contributed by atoms with Crippen molar-refractivity contribution in [2.45, 2.75) is 39.2 Å². The number of rotatable bonds is 5. The monoisotopic (exact) mass is 264 g/mol. The van der Waals surface area contributed by atoms with Gasteiger partial charge in [-0.05, 0) is 49.8 Å². The SMILES string of the molecule is CCN(c1cccc(F)c1)C1(CN)CC(C(C)C)C1. The lowest BCUT2D eigenvalue weighted by molar-refractivity contribution is 0.103. The van der Waals surface area contributed by atoms with Crippen LogP contribution < -0.4 is 10.6 Å². The fourth-order valence-corrected chi connectivity index (χ4v) is 3.32. The number of hydrogen-bond donors (Lipinski definition) is 1. The van der Waals surface area contributed by atoms with E-state index < -0.39 is 0 Å². The summed E-state index contributed by atoms with van der Waals surface area (Å²) in [6.07, 6.45) is 2.23. The van der Waals surface area contributed by atoms with Gasteiger partial charge < -0.3 is 10.6 Å². The maximum atomic E-state index is 13.4. The highest BCUT2D eigenvalue weighted by atomic mass is 19.1. The summed E-state index contributed by atoms with van der Waals surface area (Å²) in [5.74, 6) is 1.26. The van der Waals surface area contributed by atoms with E-state index in [2.05, 4.69) is 25.7 Å². The highest BCUT2D eigenvalue weighted by Crippen LogP contribution is 2.46. The zero-order valence-electron chi connectivity index (χ0n) is 12.2. The predicted octanol–water partition coefficient (Wildman–Crippen LogP) is 3.42. The summed E-state index contributed by atoms with van der Waals surface area (Å²) < 4.78 is 13.4. The first-order valence-electron chi connectivity index (χ1n) is 7.25. The molecule has 0 unspecified atom stereocenters. The highest BCUT2D eigenvalue weighted by molar-refractivity contribution is 5.50. The molecule has 1 aliphatic rings. The van der Waals surface area contributed by atoms with Crippen molar-refractivity contribution >= 4 is 5.69 Å². The van der Waals surface area contributed by atoms with E-state index in [1.165, 1.54) is 6.07 Å². The Morgan fingerprint density at radius 3 is 2.58 bits per heavy atom. The smallest absolute Gasteiger partial charge is 0.125 e. The molecule has 106 valence electrons. The van der Waals surface area contributed by atoms with Crippen molar-refractivity contribution in [2.24, 2.45) is 17.6 Å². The van der Waals surface area contributed by atoms with Crippen molar-refractivity contribution in [1.82, 2.24) is 0 Å². The molecule has 1 aliphatic carbocycles. The molecule has 0 heterocycles. The second-order valence-electron chi connectivity index (χ2n) is 6.06. The normalized spacial score (nSPS) is 26.3. The minimum atomic E-state index is -0.178. The van der Waals surface area contributed by atoms with Crippen LogP contribution >= 0.6 is 0 Å². The van der Waals surface area contributed by atoms with Crippen LogP contribution in [0.15, 0.2) is 24.3 Å². The van der Waals surface area contributed by atoms with Crippen molar-refractivity contribution in [1.29, 1.82) is 0 Å². The minimum absolute atomic E-state index is 0.0253. The first-order valence-corrected chi connectivity index (χ1v) is 7.25. The molecule has 0 aromatic heterocycles. The molecule has 0 atom stereocenters. The second-order valence-corrected chi connectivity index (χ2v) is 6.06. The maximum absolute atomic E-state index is 13.4. The molecule has 1 fully saturated rings. The third kappa shape index (κ3) is 2.62. The van der Waals surface area contributed by atoms with Gasteiger partial charge in [0.2, 0.25) is 0 Å². The summed E-state index contributed by atoms with van der Waals surface area (Å²) in [5.41, 5.74) is 7.03. The van der Waals surface area contributed by atoms with Gasteiger partial charge in [-0.25, -0.2) is 4.39 Å². The van der Waals surface area contributed by atoms with Crippen molar-refractivity contribution in [3.05, 3.63) is 30.1 Å². The zero-order chi connectivity index (χ0) is 14.0. The van der Waals surface area contributed by atoms with Crippen molar-refractivity contribution in [3.8, 4) is 0 Å². The van der Waals surface area contributed by atoms with Gasteiger partial charge in [-0.2, -0.15) is 0 Å². The Hall–Kier alpha value is -1.09. The van der Waals surface area contributed by atoms with Gasteiger partial charge in [-0.15, -0.1) is 0 Å². The van der Waals surface area contributed by atoms with Gasteiger partial charge in [0, 0.05) is 18.8 Å². The van der Waals surface area contributed by atoms with Gasteiger partial charge >= 0.3 is 0 Å². The lowest BCUT2D eigenvalue weighted by atomic mass is 9.63. The molecule has 1 aromatic carbocycles. The fraction of sp³-hybridized carbons (Fsp3) is 0.625. The topological polar surface area (TPSA) is 29.3 Å². The van der Waals surface area contributed by atoms with Crippen LogP contribution in [-0.4, -0.2) is 18.6 Å². The lowest BCUT2D eigenvalue weighted by Crippen LogP contribution is -2.63. The molecule has 3 heteroatoms. The number of nitrogens with two attached hydrogens (primary N) is 1. The summed E-state index contributed by atoms with van der Waals surface area (Å²) >= 11 is 0. The Bertz CT molecular complexity index is 425. The minimum Gasteiger partial charge on any atom is -0.365 e.